The monoisotopic (exact) mass is 218 g/mol. The Hall–Kier alpha value is -1.91. The van der Waals surface area contributed by atoms with Gasteiger partial charge in [-0.05, 0) is 25.5 Å². The van der Waals surface area contributed by atoms with E-state index in [0.717, 1.165) is 12.1 Å². The van der Waals surface area contributed by atoms with Gasteiger partial charge in [-0.1, -0.05) is 6.92 Å². The molecule has 0 spiro atoms. The smallest absolute Gasteiger partial charge is 0.257 e. The Morgan fingerprint density at radius 2 is 2.25 bits per heavy atom. The van der Waals surface area contributed by atoms with E-state index in [0.29, 0.717) is 11.5 Å². The number of aromatic nitrogens is 1. The van der Waals surface area contributed by atoms with Crippen molar-refractivity contribution >= 4 is 23.1 Å². The molecule has 0 radical (unpaired) electrons. The van der Waals surface area contributed by atoms with E-state index in [1.165, 1.54) is 11.2 Å². The second-order valence-electron chi connectivity index (χ2n) is 3.80. The highest BCUT2D eigenvalue weighted by Gasteiger charge is 2.33. The van der Waals surface area contributed by atoms with Crippen molar-refractivity contribution in [1.82, 2.24) is 4.98 Å². The highest BCUT2D eigenvalue weighted by atomic mass is 16.2. The molecule has 5 nitrogen and oxygen atoms in total. The molecule has 0 aromatic carbocycles. The van der Waals surface area contributed by atoms with E-state index in [1.54, 1.807) is 12.1 Å². The first-order chi connectivity index (χ1) is 7.63. The second-order valence-corrected chi connectivity index (χ2v) is 3.80. The number of hydrogen-bond acceptors (Lipinski definition) is 4. The highest BCUT2D eigenvalue weighted by molar-refractivity contribution is 6.14. The molecular weight excluding hydrogens is 204 g/mol. The van der Waals surface area contributed by atoms with Crippen LogP contribution in [0.25, 0.3) is 0 Å². The van der Waals surface area contributed by atoms with Crippen LogP contribution in [0.5, 0.6) is 0 Å². The molecule has 0 fully saturated rings. The summed E-state index contributed by atoms with van der Waals surface area (Å²) in [7, 11) is 0. The van der Waals surface area contributed by atoms with Crippen LogP contribution in [-0.4, -0.2) is 16.6 Å². The molecule has 16 heavy (non-hydrogen) atoms. The number of nitrogens with zero attached hydrogens (tertiary/aromatic N) is 3. The van der Waals surface area contributed by atoms with Crippen molar-refractivity contribution in [3.8, 4) is 0 Å². The molecule has 0 bridgehead atoms. The molecule has 1 amide bonds. The summed E-state index contributed by atoms with van der Waals surface area (Å²) in [6, 6.07) is 3.40. The molecule has 0 saturated carbocycles. The fourth-order valence-corrected chi connectivity index (χ4v) is 1.76. The number of rotatable bonds is 2. The van der Waals surface area contributed by atoms with Crippen LogP contribution >= 0.6 is 0 Å². The van der Waals surface area contributed by atoms with E-state index in [1.807, 2.05) is 13.8 Å². The molecule has 5 heteroatoms. The molecule has 1 aliphatic heterocycles. The van der Waals surface area contributed by atoms with Gasteiger partial charge in [0, 0.05) is 5.71 Å². The molecule has 1 aromatic heterocycles. The van der Waals surface area contributed by atoms with Gasteiger partial charge in [0.05, 0.1) is 17.8 Å². The SMILES string of the molecule is CC[C@H]1C(=O)N(c2ccc(N)cn2)N=C1C. The summed E-state index contributed by atoms with van der Waals surface area (Å²) in [5.41, 5.74) is 6.95. The molecule has 1 aliphatic rings. The highest BCUT2D eigenvalue weighted by Crippen LogP contribution is 2.24. The Kier molecular flexibility index (Phi) is 2.60. The van der Waals surface area contributed by atoms with Crippen molar-refractivity contribution in [2.75, 3.05) is 10.7 Å². The van der Waals surface area contributed by atoms with Crippen LogP contribution in [0.1, 0.15) is 20.3 Å². The molecule has 2 heterocycles. The number of nitrogen functional groups attached to an aromatic ring is 1. The normalized spacial score (nSPS) is 20.1. The van der Waals surface area contributed by atoms with Crippen molar-refractivity contribution in [3.63, 3.8) is 0 Å². The first-order valence-corrected chi connectivity index (χ1v) is 5.24. The standard InChI is InChI=1S/C11H14N4O/c1-3-9-7(2)14-15(11(9)16)10-5-4-8(12)6-13-10/h4-6,9H,3,12H2,1-2H3/t9-/m1/s1. The largest absolute Gasteiger partial charge is 0.397 e. The molecule has 2 N–H and O–H groups in total. The molecule has 0 saturated heterocycles. The third kappa shape index (κ3) is 1.64. The van der Waals surface area contributed by atoms with Crippen molar-refractivity contribution in [2.45, 2.75) is 20.3 Å². The second kappa shape index (κ2) is 3.92. The minimum absolute atomic E-state index is 0.0164. The summed E-state index contributed by atoms with van der Waals surface area (Å²) in [4.78, 5) is 16.1. The number of carbonyl (C=O) groups excluding carboxylic acids is 1. The minimum Gasteiger partial charge on any atom is -0.397 e. The lowest BCUT2D eigenvalue weighted by atomic mass is 10.0. The Morgan fingerprint density at radius 3 is 2.75 bits per heavy atom. The van der Waals surface area contributed by atoms with E-state index >= 15 is 0 Å². The number of hydrazone groups is 1. The van der Waals surface area contributed by atoms with E-state index in [2.05, 4.69) is 10.1 Å². The lowest BCUT2D eigenvalue weighted by Crippen LogP contribution is -2.27. The summed E-state index contributed by atoms with van der Waals surface area (Å²) in [5, 5.41) is 5.57. The average molecular weight is 218 g/mol. The van der Waals surface area contributed by atoms with Gasteiger partial charge >= 0.3 is 0 Å². The molecule has 1 atom stereocenters. The number of pyridine rings is 1. The van der Waals surface area contributed by atoms with E-state index in [4.69, 9.17) is 5.73 Å². The maximum Gasteiger partial charge on any atom is 0.257 e. The van der Waals surface area contributed by atoms with Crippen LogP contribution in [0.15, 0.2) is 23.4 Å². The molecule has 1 aromatic rings. The van der Waals surface area contributed by atoms with Crippen LogP contribution in [0.2, 0.25) is 0 Å². The molecule has 2 rings (SSSR count). The summed E-state index contributed by atoms with van der Waals surface area (Å²) >= 11 is 0. The maximum absolute atomic E-state index is 12.0. The summed E-state index contributed by atoms with van der Waals surface area (Å²) in [6.07, 6.45) is 2.28. The maximum atomic E-state index is 12.0. The molecule has 84 valence electrons. The van der Waals surface area contributed by atoms with Gasteiger partial charge in [-0.15, -0.1) is 0 Å². The predicted molar refractivity (Wildman–Crippen MR) is 63.0 cm³/mol. The number of anilines is 2. The first-order valence-electron chi connectivity index (χ1n) is 5.24. The van der Waals surface area contributed by atoms with Crippen LogP contribution in [0, 0.1) is 5.92 Å². The van der Waals surface area contributed by atoms with Crippen molar-refractivity contribution in [1.29, 1.82) is 0 Å². The predicted octanol–water partition coefficient (Wildman–Crippen LogP) is 1.41. The zero-order chi connectivity index (χ0) is 11.7. The first kappa shape index (κ1) is 10.6. The lowest BCUT2D eigenvalue weighted by molar-refractivity contribution is -0.119. The third-order valence-corrected chi connectivity index (χ3v) is 2.66. The molecule has 0 unspecified atom stereocenters. The van der Waals surface area contributed by atoms with Gasteiger partial charge in [-0.2, -0.15) is 10.1 Å². The van der Waals surface area contributed by atoms with Gasteiger partial charge in [0.2, 0.25) is 0 Å². The number of nitrogens with two attached hydrogens (primary N) is 1. The van der Waals surface area contributed by atoms with Crippen molar-refractivity contribution in [3.05, 3.63) is 18.3 Å². The lowest BCUT2D eigenvalue weighted by Gasteiger charge is -2.12. The fourth-order valence-electron chi connectivity index (χ4n) is 1.76. The van der Waals surface area contributed by atoms with Gasteiger partial charge in [-0.3, -0.25) is 4.79 Å². The number of amides is 1. The van der Waals surface area contributed by atoms with Crippen LogP contribution in [0.3, 0.4) is 0 Å². The van der Waals surface area contributed by atoms with Gasteiger partial charge in [0.25, 0.3) is 5.91 Å². The molecule has 0 aliphatic carbocycles. The van der Waals surface area contributed by atoms with Gasteiger partial charge in [0.1, 0.15) is 0 Å². The van der Waals surface area contributed by atoms with Gasteiger partial charge in [0.15, 0.2) is 5.82 Å². The average Bonchev–Trinajstić information content (AvgIpc) is 2.55. The van der Waals surface area contributed by atoms with Crippen molar-refractivity contribution in [2.24, 2.45) is 11.0 Å². The Balaban J connectivity index is 2.30. The van der Waals surface area contributed by atoms with E-state index < -0.39 is 0 Å². The summed E-state index contributed by atoms with van der Waals surface area (Å²) in [5.74, 6) is 0.395. The number of carbonyl (C=O) groups is 1. The Labute approximate surface area is 94.0 Å². The van der Waals surface area contributed by atoms with Gasteiger partial charge in [-0.25, -0.2) is 4.98 Å². The van der Waals surface area contributed by atoms with Crippen molar-refractivity contribution < 1.29 is 4.79 Å². The van der Waals surface area contributed by atoms with E-state index in [9.17, 15) is 4.79 Å². The van der Waals surface area contributed by atoms with Gasteiger partial charge < -0.3 is 5.73 Å². The zero-order valence-electron chi connectivity index (χ0n) is 9.34. The quantitative estimate of drug-likeness (QED) is 0.815. The van der Waals surface area contributed by atoms with Crippen LogP contribution in [0.4, 0.5) is 11.5 Å². The zero-order valence-corrected chi connectivity index (χ0v) is 9.34. The third-order valence-electron chi connectivity index (χ3n) is 2.66. The summed E-state index contributed by atoms with van der Waals surface area (Å²) in [6.45, 7) is 3.84. The van der Waals surface area contributed by atoms with E-state index in [-0.39, 0.29) is 11.8 Å². The number of hydrogen-bond donors (Lipinski definition) is 1. The Morgan fingerprint density at radius 1 is 1.50 bits per heavy atom. The topological polar surface area (TPSA) is 71.6 Å². The molecular formula is C11H14N4O. The summed E-state index contributed by atoms with van der Waals surface area (Å²) < 4.78 is 0. The Bertz CT molecular complexity index is 438. The minimum atomic E-state index is -0.112. The van der Waals surface area contributed by atoms with Crippen LogP contribution in [-0.2, 0) is 4.79 Å². The van der Waals surface area contributed by atoms with Crippen LogP contribution < -0.4 is 10.7 Å². The fraction of sp³-hybridized carbons (Fsp3) is 0.364.